The van der Waals surface area contributed by atoms with Crippen molar-refractivity contribution in [2.75, 3.05) is 23.9 Å². The zero-order chi connectivity index (χ0) is 12.1. The van der Waals surface area contributed by atoms with Gasteiger partial charge in [0.15, 0.2) is 0 Å². The molecule has 1 atom stereocenters. The first-order chi connectivity index (χ1) is 7.52. The van der Waals surface area contributed by atoms with E-state index >= 15 is 0 Å². The van der Waals surface area contributed by atoms with Gasteiger partial charge in [-0.05, 0) is 12.1 Å². The second kappa shape index (κ2) is 5.55. The highest BCUT2D eigenvalue weighted by atomic mass is 32.2. The molecule has 0 aromatic heterocycles. The molecule has 0 saturated carbocycles. The lowest BCUT2D eigenvalue weighted by Crippen LogP contribution is -2.11. The highest BCUT2D eigenvalue weighted by molar-refractivity contribution is 7.84. The molecular weight excluding hydrogens is 235 g/mol. The number of halogens is 1. The van der Waals surface area contributed by atoms with Crippen molar-refractivity contribution in [2.24, 2.45) is 0 Å². The molecule has 0 radical (unpaired) electrons. The van der Waals surface area contributed by atoms with E-state index in [4.69, 9.17) is 0 Å². The third-order valence-electron chi connectivity index (χ3n) is 1.87. The molecule has 1 aromatic carbocycles. The summed E-state index contributed by atoms with van der Waals surface area (Å²) in [6.07, 6.45) is 1.53. The van der Waals surface area contributed by atoms with Gasteiger partial charge in [0.2, 0.25) is 5.82 Å². The van der Waals surface area contributed by atoms with Crippen LogP contribution in [-0.4, -0.2) is 27.7 Å². The number of rotatable bonds is 5. The van der Waals surface area contributed by atoms with Gasteiger partial charge in [0.05, 0.1) is 4.92 Å². The normalized spacial score (nSPS) is 12.1. The van der Waals surface area contributed by atoms with Crippen LogP contribution in [0.2, 0.25) is 0 Å². The van der Waals surface area contributed by atoms with Crippen molar-refractivity contribution in [1.29, 1.82) is 0 Å². The summed E-state index contributed by atoms with van der Waals surface area (Å²) in [4.78, 5) is 9.83. The molecule has 0 fully saturated rings. The summed E-state index contributed by atoms with van der Waals surface area (Å²) in [5.41, 5.74) is -0.472. The zero-order valence-corrected chi connectivity index (χ0v) is 9.42. The molecule has 0 bridgehead atoms. The topological polar surface area (TPSA) is 72.2 Å². The summed E-state index contributed by atoms with van der Waals surface area (Å²) in [5, 5.41) is 13.3. The number of nitro groups is 1. The number of nitrogens with one attached hydrogen (secondary N) is 1. The fraction of sp³-hybridized carbons (Fsp3) is 0.333. The third kappa shape index (κ3) is 3.27. The second-order valence-corrected chi connectivity index (χ2v) is 4.65. The molecule has 0 heterocycles. The summed E-state index contributed by atoms with van der Waals surface area (Å²) in [5.74, 6) is -0.527. The number of anilines is 1. The minimum Gasteiger partial charge on any atom is -0.378 e. The molecule has 1 unspecified atom stereocenters. The lowest BCUT2D eigenvalue weighted by atomic mass is 10.2. The molecule has 88 valence electrons. The molecule has 0 aliphatic carbocycles. The minimum absolute atomic E-state index is 0.107. The van der Waals surface area contributed by atoms with E-state index in [2.05, 4.69) is 5.32 Å². The quantitative estimate of drug-likeness (QED) is 0.631. The van der Waals surface area contributed by atoms with Crippen LogP contribution in [0.4, 0.5) is 15.8 Å². The highest BCUT2D eigenvalue weighted by Gasteiger charge is 2.19. The van der Waals surface area contributed by atoms with Gasteiger partial charge in [-0.2, -0.15) is 4.39 Å². The van der Waals surface area contributed by atoms with Crippen LogP contribution in [0.3, 0.4) is 0 Å². The first-order valence-corrected chi connectivity index (χ1v) is 6.22. The number of benzene rings is 1. The molecule has 0 amide bonds. The molecule has 7 heteroatoms. The Labute approximate surface area is 94.3 Å². The van der Waals surface area contributed by atoms with E-state index in [0.717, 1.165) is 6.07 Å². The van der Waals surface area contributed by atoms with Crippen LogP contribution in [0.25, 0.3) is 0 Å². The van der Waals surface area contributed by atoms with Crippen molar-refractivity contribution in [3.8, 4) is 0 Å². The van der Waals surface area contributed by atoms with Crippen LogP contribution in [0, 0.1) is 15.9 Å². The standard InChI is InChI=1S/C9H11FN2O3S/c1-16(15)6-5-11-8-4-2-3-7(10)9(8)12(13)14/h2-4,11H,5-6H2,1H3. The van der Waals surface area contributed by atoms with Crippen LogP contribution in [0.1, 0.15) is 0 Å². The van der Waals surface area contributed by atoms with Gasteiger partial charge < -0.3 is 5.32 Å². The smallest absolute Gasteiger partial charge is 0.327 e. The fourth-order valence-corrected chi connectivity index (χ4v) is 1.56. The molecule has 0 aliphatic rings. The number of para-hydroxylation sites is 1. The van der Waals surface area contributed by atoms with Gasteiger partial charge in [-0.15, -0.1) is 0 Å². The summed E-state index contributed by atoms with van der Waals surface area (Å²) in [6, 6.07) is 3.83. The first-order valence-electron chi connectivity index (χ1n) is 4.49. The average Bonchev–Trinajstić information content (AvgIpc) is 2.16. The third-order valence-corrected chi connectivity index (χ3v) is 2.65. The molecule has 1 rings (SSSR count). The van der Waals surface area contributed by atoms with Crippen molar-refractivity contribution >= 4 is 22.2 Å². The van der Waals surface area contributed by atoms with Crippen LogP contribution in [0.5, 0.6) is 0 Å². The molecular formula is C9H11FN2O3S. The Morgan fingerprint density at radius 2 is 2.25 bits per heavy atom. The van der Waals surface area contributed by atoms with Crippen LogP contribution >= 0.6 is 0 Å². The van der Waals surface area contributed by atoms with Gasteiger partial charge in [-0.3, -0.25) is 14.3 Å². The van der Waals surface area contributed by atoms with E-state index in [1.165, 1.54) is 18.4 Å². The minimum atomic E-state index is -0.988. The highest BCUT2D eigenvalue weighted by Crippen LogP contribution is 2.26. The van der Waals surface area contributed by atoms with Crippen LogP contribution in [0.15, 0.2) is 18.2 Å². The fourth-order valence-electron chi connectivity index (χ4n) is 1.17. The molecule has 0 aliphatic heterocycles. The maximum absolute atomic E-state index is 13.1. The van der Waals surface area contributed by atoms with Gasteiger partial charge in [0.25, 0.3) is 0 Å². The van der Waals surface area contributed by atoms with E-state index in [9.17, 15) is 18.7 Å². The van der Waals surface area contributed by atoms with Crippen LogP contribution < -0.4 is 5.32 Å². The zero-order valence-electron chi connectivity index (χ0n) is 8.60. The Morgan fingerprint density at radius 3 is 2.81 bits per heavy atom. The molecule has 1 N–H and O–H groups in total. The molecule has 5 nitrogen and oxygen atoms in total. The molecule has 0 saturated heterocycles. The Hall–Kier alpha value is -1.50. The molecule has 0 spiro atoms. The number of nitro benzene ring substituents is 1. The Balaban J connectivity index is 2.83. The van der Waals surface area contributed by atoms with E-state index in [-0.39, 0.29) is 5.69 Å². The lowest BCUT2D eigenvalue weighted by molar-refractivity contribution is -0.386. The Kier molecular flexibility index (Phi) is 4.36. The number of nitrogens with zero attached hydrogens (tertiary/aromatic N) is 1. The van der Waals surface area contributed by atoms with E-state index < -0.39 is 27.2 Å². The van der Waals surface area contributed by atoms with Crippen LogP contribution in [-0.2, 0) is 10.8 Å². The Morgan fingerprint density at radius 1 is 1.56 bits per heavy atom. The van der Waals surface area contributed by atoms with E-state index in [0.29, 0.717) is 12.3 Å². The van der Waals surface area contributed by atoms with E-state index in [1.807, 2.05) is 0 Å². The van der Waals surface area contributed by atoms with Gasteiger partial charge >= 0.3 is 5.69 Å². The van der Waals surface area contributed by atoms with Gasteiger partial charge in [-0.25, -0.2) is 0 Å². The first kappa shape index (κ1) is 12.6. The molecule has 1 aromatic rings. The summed E-state index contributed by atoms with van der Waals surface area (Å²) in [7, 11) is -0.988. The Bertz CT molecular complexity index is 425. The average molecular weight is 246 g/mol. The molecule has 16 heavy (non-hydrogen) atoms. The monoisotopic (exact) mass is 246 g/mol. The number of hydrogen-bond donors (Lipinski definition) is 1. The van der Waals surface area contributed by atoms with Crippen molar-refractivity contribution in [3.63, 3.8) is 0 Å². The maximum Gasteiger partial charge on any atom is 0.327 e. The van der Waals surface area contributed by atoms with Gasteiger partial charge in [-0.1, -0.05) is 6.07 Å². The number of hydrogen-bond acceptors (Lipinski definition) is 4. The predicted molar refractivity (Wildman–Crippen MR) is 60.5 cm³/mol. The predicted octanol–water partition coefficient (Wildman–Crippen LogP) is 1.52. The van der Waals surface area contributed by atoms with Crippen molar-refractivity contribution in [3.05, 3.63) is 34.1 Å². The van der Waals surface area contributed by atoms with Crippen molar-refractivity contribution < 1.29 is 13.5 Å². The maximum atomic E-state index is 13.1. The van der Waals surface area contributed by atoms with Crippen molar-refractivity contribution in [2.45, 2.75) is 0 Å². The van der Waals surface area contributed by atoms with E-state index in [1.54, 1.807) is 0 Å². The lowest BCUT2D eigenvalue weighted by Gasteiger charge is -2.06. The summed E-state index contributed by atoms with van der Waals surface area (Å²) >= 11 is 0. The summed E-state index contributed by atoms with van der Waals surface area (Å²) in [6.45, 7) is 0.299. The second-order valence-electron chi connectivity index (χ2n) is 3.10. The van der Waals surface area contributed by atoms with Gasteiger partial charge in [0, 0.05) is 29.4 Å². The SMILES string of the molecule is CS(=O)CCNc1cccc(F)c1[N+](=O)[O-]. The summed E-state index contributed by atoms with van der Waals surface area (Å²) < 4.78 is 23.9. The van der Waals surface area contributed by atoms with Gasteiger partial charge in [0.1, 0.15) is 5.69 Å². The van der Waals surface area contributed by atoms with Crippen molar-refractivity contribution in [1.82, 2.24) is 0 Å². The largest absolute Gasteiger partial charge is 0.378 e.